The van der Waals surface area contributed by atoms with Gasteiger partial charge in [-0.25, -0.2) is 8.42 Å². The van der Waals surface area contributed by atoms with Crippen LogP contribution in [0.25, 0.3) is 0 Å². The van der Waals surface area contributed by atoms with E-state index in [9.17, 15) is 8.42 Å². The first kappa shape index (κ1) is 18.3. The quantitative estimate of drug-likeness (QED) is 0.206. The molecule has 2 rings (SSSR count). The zero-order valence-corrected chi connectivity index (χ0v) is 12.7. The average molecular weight is 344 g/mol. The molecule has 23 heavy (non-hydrogen) atoms. The van der Waals surface area contributed by atoms with Crippen molar-refractivity contribution in [3.05, 3.63) is 34.4 Å². The maximum atomic E-state index is 11.3. The normalized spacial score (nSPS) is 18.9. The van der Waals surface area contributed by atoms with Gasteiger partial charge in [-0.05, 0) is 30.7 Å². The molecular formula is C11H16N6O5S. The first-order valence-corrected chi connectivity index (χ1v) is 8.16. The third-order valence-electron chi connectivity index (χ3n) is 2.74. The lowest BCUT2D eigenvalue weighted by Gasteiger charge is -2.12. The minimum atomic E-state index is -2.88. The number of rotatable bonds is 3. The molecule has 5 N–H and O–H groups in total. The number of nitrogens with two attached hydrogens (primary N) is 1. The summed E-state index contributed by atoms with van der Waals surface area (Å²) < 4.78 is 22.7. The summed E-state index contributed by atoms with van der Waals surface area (Å²) >= 11 is 0. The summed E-state index contributed by atoms with van der Waals surface area (Å²) in [5, 5.41) is 30.9. The number of guanidine groups is 1. The van der Waals surface area contributed by atoms with Gasteiger partial charge in [-0.2, -0.15) is 0 Å². The largest absolute Gasteiger partial charge is 0.381 e. The first-order chi connectivity index (χ1) is 10.7. The number of nitrogens with one attached hydrogen (secondary N) is 2. The summed E-state index contributed by atoms with van der Waals surface area (Å²) in [6.45, 7) is 0. The number of azo groups is 1. The van der Waals surface area contributed by atoms with E-state index in [-0.39, 0.29) is 23.5 Å². The predicted molar refractivity (Wildman–Crippen MR) is 82.3 cm³/mol. The molecule has 11 nitrogen and oxygen atoms in total. The van der Waals surface area contributed by atoms with Crippen LogP contribution in [0.4, 0.5) is 11.4 Å². The summed E-state index contributed by atoms with van der Waals surface area (Å²) in [5.74, 6) is 0.0762. The summed E-state index contributed by atoms with van der Waals surface area (Å²) in [5.41, 5.74) is 6.48. The van der Waals surface area contributed by atoms with Crippen LogP contribution >= 0.6 is 0 Å². The number of hydrogen-bond donors (Lipinski definition) is 4. The van der Waals surface area contributed by atoms with Crippen molar-refractivity contribution in [2.45, 2.75) is 12.5 Å². The summed E-state index contributed by atoms with van der Waals surface area (Å²) in [4.78, 5) is 8.36. The smallest absolute Gasteiger partial charge is 0.291 e. The fourth-order valence-electron chi connectivity index (χ4n) is 1.88. The van der Waals surface area contributed by atoms with Gasteiger partial charge in [-0.15, -0.1) is 20.3 Å². The maximum absolute atomic E-state index is 11.3. The molecular weight excluding hydrogens is 328 g/mol. The highest BCUT2D eigenvalue weighted by atomic mass is 32.2. The van der Waals surface area contributed by atoms with E-state index in [1.165, 1.54) is 0 Å². The Hall–Kier alpha value is -2.76. The predicted octanol–water partition coefficient (Wildman–Crippen LogP) is 0.915. The molecule has 1 atom stereocenters. The van der Waals surface area contributed by atoms with Gasteiger partial charge in [0, 0.05) is 11.7 Å². The summed E-state index contributed by atoms with van der Waals surface area (Å²) in [6, 6.07) is 6.99. The Morgan fingerprint density at radius 1 is 1.43 bits per heavy atom. The SMILES string of the molecule is N=C(N)N=Nc1ccc(NC2CCS(=O)(=O)C2)cc1.O=[N+]([O-])O. The van der Waals surface area contributed by atoms with Crippen LogP contribution in [0.15, 0.2) is 34.5 Å². The Kier molecular flexibility index (Phi) is 6.38. The number of sulfone groups is 1. The monoisotopic (exact) mass is 344 g/mol. The molecule has 0 bridgehead atoms. The molecule has 0 saturated carbocycles. The molecule has 1 aliphatic heterocycles. The van der Waals surface area contributed by atoms with Crippen LogP contribution in [0.3, 0.4) is 0 Å². The van der Waals surface area contributed by atoms with E-state index in [2.05, 4.69) is 15.5 Å². The van der Waals surface area contributed by atoms with Crippen molar-refractivity contribution in [3.63, 3.8) is 0 Å². The van der Waals surface area contributed by atoms with Gasteiger partial charge in [0.2, 0.25) is 5.96 Å². The third kappa shape index (κ3) is 7.71. The van der Waals surface area contributed by atoms with Gasteiger partial charge in [-0.3, -0.25) is 5.41 Å². The highest BCUT2D eigenvalue weighted by molar-refractivity contribution is 7.91. The Balaban J connectivity index is 0.000000593. The molecule has 0 aliphatic carbocycles. The van der Waals surface area contributed by atoms with Gasteiger partial charge in [-0.1, -0.05) is 0 Å². The van der Waals surface area contributed by atoms with E-state index in [4.69, 9.17) is 26.5 Å². The molecule has 126 valence electrons. The molecule has 0 amide bonds. The Labute approximate surface area is 131 Å². The van der Waals surface area contributed by atoms with Crippen LogP contribution in [-0.2, 0) is 9.84 Å². The molecule has 1 aliphatic rings. The van der Waals surface area contributed by atoms with Crippen molar-refractivity contribution >= 4 is 27.2 Å². The standard InChI is InChI=1S/C11H15N5O2S.HNO3/c12-11(13)16-15-9-3-1-8(2-4-9)14-10-5-6-19(17,18)7-10;2-1(3)4/h1-4,10,14H,5-7H2,(H3,12,13);(H,2,3,4). The number of benzene rings is 1. The average Bonchev–Trinajstić information content (AvgIpc) is 2.76. The minimum absolute atomic E-state index is 0.0327. The molecule has 0 aromatic heterocycles. The number of anilines is 1. The lowest BCUT2D eigenvalue weighted by atomic mass is 10.2. The Morgan fingerprint density at radius 2 is 2.00 bits per heavy atom. The van der Waals surface area contributed by atoms with E-state index >= 15 is 0 Å². The maximum Gasteiger partial charge on any atom is 0.291 e. The van der Waals surface area contributed by atoms with Crippen molar-refractivity contribution in [1.29, 1.82) is 5.41 Å². The van der Waals surface area contributed by atoms with Crippen LogP contribution in [0, 0.1) is 15.5 Å². The molecule has 0 radical (unpaired) electrons. The van der Waals surface area contributed by atoms with Crippen molar-refractivity contribution in [1.82, 2.24) is 0 Å². The molecule has 1 fully saturated rings. The second-order valence-electron chi connectivity index (χ2n) is 4.61. The highest BCUT2D eigenvalue weighted by Crippen LogP contribution is 2.20. The van der Waals surface area contributed by atoms with Crippen molar-refractivity contribution in [2.24, 2.45) is 16.0 Å². The fraction of sp³-hybridized carbons (Fsp3) is 0.364. The molecule has 1 aromatic carbocycles. The van der Waals surface area contributed by atoms with Gasteiger partial charge in [0.05, 0.1) is 17.2 Å². The third-order valence-corrected chi connectivity index (χ3v) is 4.51. The second kappa shape index (κ2) is 8.03. The van der Waals surface area contributed by atoms with Crippen LogP contribution in [0.1, 0.15) is 6.42 Å². The van der Waals surface area contributed by atoms with E-state index in [1.54, 1.807) is 24.3 Å². The lowest BCUT2D eigenvalue weighted by Crippen LogP contribution is -2.20. The molecule has 1 saturated heterocycles. The van der Waals surface area contributed by atoms with E-state index in [0.29, 0.717) is 12.1 Å². The van der Waals surface area contributed by atoms with Crippen LogP contribution < -0.4 is 11.1 Å². The second-order valence-corrected chi connectivity index (χ2v) is 6.84. The molecule has 12 heteroatoms. The Bertz CT molecular complexity index is 683. The van der Waals surface area contributed by atoms with Gasteiger partial charge in [0.15, 0.2) is 9.84 Å². The van der Waals surface area contributed by atoms with E-state index in [1.807, 2.05) is 0 Å². The van der Waals surface area contributed by atoms with E-state index in [0.717, 1.165) is 5.69 Å². The van der Waals surface area contributed by atoms with Gasteiger partial charge in [0.1, 0.15) is 0 Å². The molecule has 1 heterocycles. The van der Waals surface area contributed by atoms with Gasteiger partial charge >= 0.3 is 0 Å². The van der Waals surface area contributed by atoms with Gasteiger partial charge < -0.3 is 16.3 Å². The Morgan fingerprint density at radius 3 is 2.43 bits per heavy atom. The molecule has 1 aromatic rings. The number of nitrogens with zero attached hydrogens (tertiary/aromatic N) is 3. The van der Waals surface area contributed by atoms with Crippen molar-refractivity contribution in [2.75, 3.05) is 16.8 Å². The van der Waals surface area contributed by atoms with Crippen LogP contribution in [0.2, 0.25) is 0 Å². The van der Waals surface area contributed by atoms with E-state index < -0.39 is 14.9 Å². The highest BCUT2D eigenvalue weighted by Gasteiger charge is 2.27. The topological polar surface area (TPSA) is 184 Å². The van der Waals surface area contributed by atoms with Crippen molar-refractivity contribution in [3.8, 4) is 0 Å². The molecule has 0 spiro atoms. The lowest BCUT2D eigenvalue weighted by molar-refractivity contribution is -0.742. The fourth-order valence-corrected chi connectivity index (χ4v) is 3.55. The summed E-state index contributed by atoms with van der Waals surface area (Å²) in [6.07, 6.45) is 0.633. The summed E-state index contributed by atoms with van der Waals surface area (Å²) in [7, 11) is -2.88. The van der Waals surface area contributed by atoms with Crippen molar-refractivity contribution < 1.29 is 18.7 Å². The zero-order valence-electron chi connectivity index (χ0n) is 11.9. The van der Waals surface area contributed by atoms with Gasteiger partial charge in [0.25, 0.3) is 5.09 Å². The van der Waals surface area contributed by atoms with Crippen LogP contribution in [0.5, 0.6) is 0 Å². The molecule has 1 unspecified atom stereocenters. The first-order valence-electron chi connectivity index (χ1n) is 6.34. The van der Waals surface area contributed by atoms with Crippen LogP contribution in [-0.4, -0.2) is 42.2 Å². The number of hydrogen-bond acceptors (Lipinski definition) is 7. The zero-order chi connectivity index (χ0) is 17.5. The minimum Gasteiger partial charge on any atom is -0.381 e.